The van der Waals surface area contributed by atoms with Crippen LogP contribution in [0.3, 0.4) is 0 Å². The molecule has 0 bridgehead atoms. The lowest BCUT2D eigenvalue weighted by molar-refractivity contribution is -0.141. The molecule has 1 aliphatic heterocycles. The van der Waals surface area contributed by atoms with Crippen LogP contribution in [0.1, 0.15) is 45.4 Å². The Labute approximate surface area is 137 Å². The molecule has 1 atom stereocenters. The predicted molar refractivity (Wildman–Crippen MR) is 87.5 cm³/mol. The summed E-state index contributed by atoms with van der Waals surface area (Å²) in [6, 6.07) is -0.345. The maximum absolute atomic E-state index is 12.7. The molecule has 7 nitrogen and oxygen atoms in total. The van der Waals surface area contributed by atoms with Crippen LogP contribution in [0.2, 0.25) is 0 Å². The number of rotatable bonds is 5. The second-order valence-electron chi connectivity index (χ2n) is 6.70. The van der Waals surface area contributed by atoms with Crippen LogP contribution in [-0.4, -0.2) is 61.3 Å². The summed E-state index contributed by atoms with van der Waals surface area (Å²) in [6.45, 7) is 2.16. The van der Waals surface area contributed by atoms with Gasteiger partial charge in [0, 0.05) is 12.6 Å². The molecule has 23 heavy (non-hydrogen) atoms. The summed E-state index contributed by atoms with van der Waals surface area (Å²) in [5.41, 5.74) is 5.40. The van der Waals surface area contributed by atoms with Crippen molar-refractivity contribution in [2.75, 3.05) is 24.6 Å². The molecule has 0 spiro atoms. The van der Waals surface area contributed by atoms with Crippen LogP contribution >= 0.6 is 0 Å². The van der Waals surface area contributed by atoms with Crippen molar-refractivity contribution < 1.29 is 18.0 Å². The van der Waals surface area contributed by atoms with E-state index in [0.717, 1.165) is 19.3 Å². The molecule has 2 fully saturated rings. The summed E-state index contributed by atoms with van der Waals surface area (Å²) in [4.78, 5) is 26.3. The average Bonchev–Trinajstić information content (AvgIpc) is 2.83. The zero-order valence-corrected chi connectivity index (χ0v) is 14.5. The topological polar surface area (TPSA) is 110 Å². The number of nitrogens with two attached hydrogens (primary N) is 1. The van der Waals surface area contributed by atoms with Gasteiger partial charge in [0.05, 0.1) is 23.6 Å². The van der Waals surface area contributed by atoms with E-state index in [-0.39, 0.29) is 35.9 Å². The highest BCUT2D eigenvalue weighted by molar-refractivity contribution is 7.91. The van der Waals surface area contributed by atoms with Crippen molar-refractivity contribution in [3.05, 3.63) is 0 Å². The number of carbonyl (C=O) groups excluding carboxylic acids is 2. The molecule has 3 N–H and O–H groups in total. The Kier molecular flexibility index (Phi) is 5.67. The minimum Gasteiger partial charge on any atom is -0.351 e. The zero-order valence-electron chi connectivity index (χ0n) is 13.7. The summed E-state index contributed by atoms with van der Waals surface area (Å²) in [6.07, 6.45) is 4.72. The molecular weight excluding hydrogens is 318 g/mol. The maximum atomic E-state index is 12.7. The number of likely N-dealkylation sites (N-methyl/N-ethyl adjacent to an activating group) is 1. The molecule has 0 radical (unpaired) electrons. The smallest absolute Gasteiger partial charge is 0.243 e. The quantitative estimate of drug-likeness (QED) is 0.717. The second kappa shape index (κ2) is 7.17. The molecular formula is C15H27N3O4S. The van der Waals surface area contributed by atoms with E-state index in [1.807, 2.05) is 6.92 Å². The Hall–Kier alpha value is -1.15. The molecule has 0 aromatic heterocycles. The monoisotopic (exact) mass is 345 g/mol. The number of nitrogens with zero attached hydrogens (tertiary/aromatic N) is 1. The second-order valence-corrected chi connectivity index (χ2v) is 8.93. The van der Waals surface area contributed by atoms with E-state index in [1.165, 1.54) is 4.90 Å². The minimum absolute atomic E-state index is 0.0142. The maximum Gasteiger partial charge on any atom is 0.243 e. The number of carbonyl (C=O) groups is 2. The number of hydrogen-bond acceptors (Lipinski definition) is 5. The van der Waals surface area contributed by atoms with Gasteiger partial charge >= 0.3 is 0 Å². The van der Waals surface area contributed by atoms with Crippen molar-refractivity contribution in [1.82, 2.24) is 10.2 Å². The van der Waals surface area contributed by atoms with Gasteiger partial charge in [-0.05, 0) is 26.2 Å². The molecule has 8 heteroatoms. The Morgan fingerprint density at radius 3 is 2.43 bits per heavy atom. The molecule has 2 rings (SSSR count). The van der Waals surface area contributed by atoms with Gasteiger partial charge in [-0.1, -0.05) is 19.3 Å². The minimum atomic E-state index is -3.03. The molecule has 132 valence electrons. The Bertz CT molecular complexity index is 555. The fourth-order valence-corrected chi connectivity index (χ4v) is 5.07. The van der Waals surface area contributed by atoms with Gasteiger partial charge in [0.1, 0.15) is 0 Å². The van der Waals surface area contributed by atoms with E-state index in [9.17, 15) is 18.0 Å². The van der Waals surface area contributed by atoms with Gasteiger partial charge in [-0.3, -0.25) is 9.59 Å². The largest absolute Gasteiger partial charge is 0.351 e. The first-order valence-electron chi connectivity index (χ1n) is 8.34. The van der Waals surface area contributed by atoms with E-state index >= 15 is 0 Å². The van der Waals surface area contributed by atoms with Crippen LogP contribution in [0, 0.1) is 0 Å². The van der Waals surface area contributed by atoms with Crippen LogP contribution in [-0.2, 0) is 19.4 Å². The Morgan fingerprint density at radius 2 is 1.91 bits per heavy atom. The third-order valence-corrected chi connectivity index (χ3v) is 6.54. The average molecular weight is 345 g/mol. The van der Waals surface area contributed by atoms with E-state index in [1.54, 1.807) is 0 Å². The highest BCUT2D eigenvalue weighted by Gasteiger charge is 2.38. The first kappa shape index (κ1) is 18.2. The lowest BCUT2D eigenvalue weighted by Gasteiger charge is -2.36. The summed E-state index contributed by atoms with van der Waals surface area (Å²) >= 11 is 0. The molecule has 1 saturated carbocycles. The number of sulfone groups is 1. The Balaban J connectivity index is 1.90. The van der Waals surface area contributed by atoms with Crippen LogP contribution in [0.4, 0.5) is 0 Å². The van der Waals surface area contributed by atoms with E-state index in [2.05, 4.69) is 5.32 Å². The molecule has 0 aromatic rings. The van der Waals surface area contributed by atoms with Crippen molar-refractivity contribution in [1.29, 1.82) is 0 Å². The highest BCUT2D eigenvalue weighted by Crippen LogP contribution is 2.27. The van der Waals surface area contributed by atoms with Crippen molar-refractivity contribution in [2.45, 2.75) is 57.0 Å². The molecule has 1 aliphatic carbocycles. The number of hydrogen-bond donors (Lipinski definition) is 2. The first-order valence-corrected chi connectivity index (χ1v) is 10.2. The normalized spacial score (nSPS) is 25.7. The van der Waals surface area contributed by atoms with E-state index in [4.69, 9.17) is 5.73 Å². The highest BCUT2D eigenvalue weighted by atomic mass is 32.2. The lowest BCUT2D eigenvalue weighted by Crippen LogP contribution is -2.58. The van der Waals surface area contributed by atoms with Crippen LogP contribution in [0.5, 0.6) is 0 Å². The van der Waals surface area contributed by atoms with Gasteiger partial charge < -0.3 is 16.0 Å². The summed E-state index contributed by atoms with van der Waals surface area (Å²) in [5.74, 6) is -0.393. The van der Waals surface area contributed by atoms with Gasteiger partial charge in [-0.2, -0.15) is 0 Å². The lowest BCUT2D eigenvalue weighted by atomic mass is 9.81. The van der Waals surface area contributed by atoms with Gasteiger partial charge in [0.25, 0.3) is 0 Å². The fraction of sp³-hybridized carbons (Fsp3) is 0.867. The summed E-state index contributed by atoms with van der Waals surface area (Å²) in [5, 5.41) is 2.72. The third kappa shape index (κ3) is 4.67. The fourth-order valence-electron chi connectivity index (χ4n) is 3.39. The van der Waals surface area contributed by atoms with Crippen LogP contribution in [0.15, 0.2) is 0 Å². The van der Waals surface area contributed by atoms with Crippen LogP contribution < -0.4 is 11.1 Å². The van der Waals surface area contributed by atoms with Crippen LogP contribution in [0.25, 0.3) is 0 Å². The van der Waals surface area contributed by atoms with E-state index < -0.39 is 15.4 Å². The standard InChI is InChI=1S/C15H27N3O4S/c1-2-18(14(20)15(16)7-4-3-5-8-15)10-13(19)17-12-6-9-23(21,22)11-12/h12H,2-11,16H2,1H3,(H,17,19). The van der Waals surface area contributed by atoms with Crippen molar-refractivity contribution in [3.8, 4) is 0 Å². The van der Waals surface area contributed by atoms with Gasteiger partial charge in [-0.15, -0.1) is 0 Å². The predicted octanol–water partition coefficient (Wildman–Crippen LogP) is -0.200. The van der Waals surface area contributed by atoms with Gasteiger partial charge in [0.15, 0.2) is 9.84 Å². The van der Waals surface area contributed by atoms with Gasteiger partial charge in [0.2, 0.25) is 11.8 Å². The molecule has 1 unspecified atom stereocenters. The van der Waals surface area contributed by atoms with Crippen molar-refractivity contribution in [3.63, 3.8) is 0 Å². The third-order valence-electron chi connectivity index (χ3n) is 4.77. The number of amides is 2. The van der Waals surface area contributed by atoms with E-state index in [0.29, 0.717) is 25.8 Å². The van der Waals surface area contributed by atoms with Gasteiger partial charge in [-0.25, -0.2) is 8.42 Å². The SMILES string of the molecule is CCN(CC(=O)NC1CCS(=O)(=O)C1)C(=O)C1(N)CCCCC1. The summed E-state index contributed by atoms with van der Waals surface area (Å²) in [7, 11) is -3.03. The molecule has 1 saturated heterocycles. The first-order chi connectivity index (χ1) is 10.8. The Morgan fingerprint density at radius 1 is 1.26 bits per heavy atom. The van der Waals surface area contributed by atoms with Crippen molar-refractivity contribution >= 4 is 21.7 Å². The number of nitrogens with one attached hydrogen (secondary N) is 1. The zero-order chi connectivity index (χ0) is 17.1. The molecule has 0 aromatic carbocycles. The molecule has 1 heterocycles. The van der Waals surface area contributed by atoms with Crippen molar-refractivity contribution in [2.24, 2.45) is 5.73 Å². The molecule has 2 aliphatic rings. The summed E-state index contributed by atoms with van der Waals surface area (Å²) < 4.78 is 22.9. The molecule has 2 amide bonds.